The van der Waals surface area contributed by atoms with Gasteiger partial charge in [0.25, 0.3) is 0 Å². The van der Waals surface area contributed by atoms with Gasteiger partial charge < -0.3 is 14.2 Å². The zero-order chi connectivity index (χ0) is 15.2. The van der Waals surface area contributed by atoms with Crippen LogP contribution in [0.5, 0.6) is 11.5 Å². The monoisotopic (exact) mass is 284 g/mol. The predicted octanol–water partition coefficient (Wildman–Crippen LogP) is 3.39. The molecule has 0 spiro atoms. The molecule has 112 valence electrons. The molecule has 0 saturated heterocycles. The third-order valence-corrected chi connectivity index (χ3v) is 2.96. The van der Waals surface area contributed by atoms with Crippen LogP contribution in [0.2, 0.25) is 0 Å². The lowest BCUT2D eigenvalue weighted by Gasteiger charge is -2.17. The van der Waals surface area contributed by atoms with E-state index in [0.717, 1.165) is 0 Å². The molecule has 0 radical (unpaired) electrons. The Bertz CT molecular complexity index is 455. The third-order valence-electron chi connectivity index (χ3n) is 2.96. The highest BCUT2D eigenvalue weighted by atomic mass is 19.1. The number of hydrogen-bond acceptors (Lipinski definition) is 4. The Labute approximate surface area is 118 Å². The van der Waals surface area contributed by atoms with Crippen LogP contribution in [0.1, 0.15) is 37.0 Å². The van der Waals surface area contributed by atoms with Crippen molar-refractivity contribution in [3.8, 4) is 11.5 Å². The largest absolute Gasteiger partial charge is 0.493 e. The van der Waals surface area contributed by atoms with Gasteiger partial charge in [-0.05, 0) is 31.0 Å². The topological polar surface area (TPSA) is 44.8 Å². The second-order valence-corrected chi connectivity index (χ2v) is 4.28. The Morgan fingerprint density at radius 3 is 2.35 bits per heavy atom. The van der Waals surface area contributed by atoms with Crippen molar-refractivity contribution in [1.82, 2.24) is 0 Å². The lowest BCUT2D eigenvalue weighted by Crippen LogP contribution is -2.20. The van der Waals surface area contributed by atoms with Gasteiger partial charge in [-0.25, -0.2) is 9.18 Å². The van der Waals surface area contributed by atoms with Crippen LogP contribution in [-0.2, 0) is 4.74 Å². The predicted molar refractivity (Wildman–Crippen MR) is 74.2 cm³/mol. The second-order valence-electron chi connectivity index (χ2n) is 4.28. The number of halogens is 1. The molecule has 0 bridgehead atoms. The van der Waals surface area contributed by atoms with Crippen molar-refractivity contribution in [3.05, 3.63) is 23.8 Å². The van der Waals surface area contributed by atoms with Crippen molar-refractivity contribution < 1.29 is 23.4 Å². The molecule has 0 heterocycles. The van der Waals surface area contributed by atoms with Crippen LogP contribution in [0.15, 0.2) is 18.2 Å². The number of alkyl halides is 1. The average molecular weight is 284 g/mol. The fraction of sp³-hybridized carbons (Fsp3) is 0.533. The lowest BCUT2D eigenvalue weighted by molar-refractivity contribution is 0.0600. The summed E-state index contributed by atoms with van der Waals surface area (Å²) in [5.74, 6) is 0.393. The van der Waals surface area contributed by atoms with Crippen molar-refractivity contribution in [2.75, 3.05) is 20.9 Å². The summed E-state index contributed by atoms with van der Waals surface area (Å²) < 4.78 is 28.1. The molecule has 1 aliphatic carbocycles. The molecule has 0 aliphatic heterocycles. The van der Waals surface area contributed by atoms with Gasteiger partial charge in [-0.2, -0.15) is 0 Å². The van der Waals surface area contributed by atoms with Crippen molar-refractivity contribution in [3.63, 3.8) is 0 Å². The molecule has 0 aromatic heterocycles. The van der Waals surface area contributed by atoms with Crippen LogP contribution in [0.4, 0.5) is 4.39 Å². The van der Waals surface area contributed by atoms with E-state index >= 15 is 0 Å². The minimum atomic E-state index is -0.694. The number of ether oxygens (including phenoxy) is 3. The highest BCUT2D eigenvalue weighted by Gasteiger charge is 2.46. The van der Waals surface area contributed by atoms with Crippen molar-refractivity contribution in [2.24, 2.45) is 0 Å². The Kier molecular flexibility index (Phi) is 5.80. The van der Waals surface area contributed by atoms with E-state index in [0.29, 0.717) is 29.9 Å². The molecule has 4 nitrogen and oxygen atoms in total. The molecule has 1 saturated carbocycles. The number of hydrogen-bond donors (Lipinski definition) is 0. The van der Waals surface area contributed by atoms with E-state index in [1.165, 1.54) is 20.3 Å². The van der Waals surface area contributed by atoms with Crippen LogP contribution < -0.4 is 9.47 Å². The summed E-state index contributed by atoms with van der Waals surface area (Å²) in [6, 6.07) is 4.69. The first-order valence-electron chi connectivity index (χ1n) is 6.65. The van der Waals surface area contributed by atoms with Crippen molar-refractivity contribution in [1.29, 1.82) is 0 Å². The molecule has 0 atom stereocenters. The first kappa shape index (κ1) is 16.3. The maximum Gasteiger partial charge on any atom is 0.337 e. The highest BCUT2D eigenvalue weighted by Crippen LogP contribution is 2.43. The van der Waals surface area contributed by atoms with Gasteiger partial charge in [0.1, 0.15) is 12.3 Å². The third kappa shape index (κ3) is 3.62. The van der Waals surface area contributed by atoms with Gasteiger partial charge in [0.2, 0.25) is 0 Å². The molecule has 1 fully saturated rings. The summed E-state index contributed by atoms with van der Waals surface area (Å²) in [4.78, 5) is 11.4. The normalized spacial score (nSPS) is 14.7. The van der Waals surface area contributed by atoms with E-state index in [4.69, 9.17) is 9.47 Å². The molecular formula is C15H21FO4. The van der Waals surface area contributed by atoms with Crippen LogP contribution in [-0.4, -0.2) is 32.5 Å². The number of carbonyl (C=O) groups is 1. The van der Waals surface area contributed by atoms with Gasteiger partial charge in [-0.1, -0.05) is 13.8 Å². The lowest BCUT2D eigenvalue weighted by atomic mass is 10.2. The van der Waals surface area contributed by atoms with Crippen LogP contribution in [0.3, 0.4) is 0 Å². The van der Waals surface area contributed by atoms with Crippen molar-refractivity contribution >= 4 is 5.97 Å². The van der Waals surface area contributed by atoms with Crippen LogP contribution >= 0.6 is 0 Å². The zero-order valence-electron chi connectivity index (χ0n) is 12.4. The Morgan fingerprint density at radius 1 is 1.25 bits per heavy atom. The van der Waals surface area contributed by atoms with Gasteiger partial charge >= 0.3 is 5.97 Å². The fourth-order valence-electron chi connectivity index (χ4n) is 1.63. The summed E-state index contributed by atoms with van der Waals surface area (Å²) in [6.07, 6.45) is 1.40. The van der Waals surface area contributed by atoms with E-state index < -0.39 is 18.2 Å². The molecule has 1 aromatic rings. The second kappa shape index (κ2) is 7.12. The average Bonchev–Trinajstić information content (AvgIpc) is 3.29. The van der Waals surface area contributed by atoms with E-state index in [9.17, 15) is 9.18 Å². The molecule has 0 N–H and O–H groups in total. The Morgan fingerprint density at radius 2 is 1.90 bits per heavy atom. The molecule has 20 heavy (non-hydrogen) atoms. The minimum absolute atomic E-state index is 0.367. The quantitative estimate of drug-likeness (QED) is 0.777. The Hall–Kier alpha value is -1.78. The van der Waals surface area contributed by atoms with Gasteiger partial charge in [0, 0.05) is 0 Å². The summed E-state index contributed by atoms with van der Waals surface area (Å²) >= 11 is 0. The summed E-state index contributed by atoms with van der Waals surface area (Å²) in [7, 11) is 2.78. The molecule has 0 unspecified atom stereocenters. The Balaban J connectivity index is 0.000000956. The SMILES string of the molecule is CC.COC(=O)c1ccc(OC2(CF)CC2)c(OC)c1. The maximum atomic E-state index is 12.8. The number of esters is 1. The summed E-state index contributed by atoms with van der Waals surface area (Å²) in [5, 5.41) is 0. The number of methoxy groups -OCH3 is 2. The van der Waals surface area contributed by atoms with E-state index in [2.05, 4.69) is 4.74 Å². The minimum Gasteiger partial charge on any atom is -0.493 e. The first-order chi connectivity index (χ1) is 9.64. The summed E-state index contributed by atoms with van der Waals surface area (Å²) in [6.45, 7) is 3.48. The molecule has 2 rings (SSSR count). The van der Waals surface area contributed by atoms with E-state index in [1.54, 1.807) is 12.1 Å². The van der Waals surface area contributed by atoms with Crippen LogP contribution in [0, 0.1) is 0 Å². The number of rotatable bonds is 5. The molecule has 5 heteroatoms. The van der Waals surface area contributed by atoms with Gasteiger partial charge in [0.15, 0.2) is 11.5 Å². The molecule has 0 amide bonds. The zero-order valence-corrected chi connectivity index (χ0v) is 12.4. The number of benzene rings is 1. The first-order valence-corrected chi connectivity index (χ1v) is 6.65. The van der Waals surface area contributed by atoms with Gasteiger partial charge in [-0.3, -0.25) is 0 Å². The fourth-order valence-corrected chi connectivity index (χ4v) is 1.63. The molecule has 1 aromatic carbocycles. The molecular weight excluding hydrogens is 263 g/mol. The maximum absolute atomic E-state index is 12.8. The smallest absolute Gasteiger partial charge is 0.337 e. The highest BCUT2D eigenvalue weighted by molar-refractivity contribution is 5.90. The summed E-state index contributed by atoms with van der Waals surface area (Å²) in [5.41, 5.74) is -0.327. The molecule has 1 aliphatic rings. The standard InChI is InChI=1S/C13H15FO4.C2H6/c1-16-11-7-9(12(15)17-2)3-4-10(11)18-13(8-14)5-6-13;1-2/h3-4,7H,5-6,8H2,1-2H3;1-2H3. The van der Waals surface area contributed by atoms with Crippen LogP contribution in [0.25, 0.3) is 0 Å². The number of carbonyl (C=O) groups excluding carboxylic acids is 1. The van der Waals surface area contributed by atoms with E-state index in [-0.39, 0.29) is 0 Å². The van der Waals surface area contributed by atoms with Gasteiger partial charge in [0.05, 0.1) is 19.8 Å². The van der Waals surface area contributed by atoms with Crippen molar-refractivity contribution in [2.45, 2.75) is 32.3 Å². The van der Waals surface area contributed by atoms with Gasteiger partial charge in [-0.15, -0.1) is 0 Å². The van der Waals surface area contributed by atoms with E-state index in [1.807, 2.05) is 13.8 Å².